The van der Waals surface area contributed by atoms with Crippen LogP contribution in [-0.4, -0.2) is 55.1 Å². The molecule has 2 N–H and O–H groups in total. The monoisotopic (exact) mass is 317 g/mol. The molecule has 2 atom stereocenters. The van der Waals surface area contributed by atoms with Gasteiger partial charge < -0.3 is 20.3 Å². The molecule has 23 heavy (non-hydrogen) atoms. The second-order valence-electron chi connectivity index (χ2n) is 5.78. The highest BCUT2D eigenvalue weighted by Gasteiger charge is 2.39. The number of fused-ring (bicyclic) bond motifs is 1. The van der Waals surface area contributed by atoms with E-state index in [9.17, 15) is 14.4 Å². The zero-order valence-electron chi connectivity index (χ0n) is 12.9. The highest BCUT2D eigenvalue weighted by Crippen LogP contribution is 2.20. The van der Waals surface area contributed by atoms with Gasteiger partial charge in [0.2, 0.25) is 5.91 Å². The van der Waals surface area contributed by atoms with Crippen molar-refractivity contribution in [3.63, 3.8) is 0 Å². The minimum absolute atomic E-state index is 0.000841. The Morgan fingerprint density at radius 1 is 1.35 bits per heavy atom. The van der Waals surface area contributed by atoms with Crippen molar-refractivity contribution >= 4 is 17.9 Å². The number of carbonyl (C=O) groups excluding carboxylic acids is 3. The van der Waals surface area contributed by atoms with Gasteiger partial charge in [-0.05, 0) is 24.1 Å². The van der Waals surface area contributed by atoms with Gasteiger partial charge >= 0.3 is 6.09 Å². The number of alkyl carbamates (subject to hydrolysis) is 1. The van der Waals surface area contributed by atoms with Crippen LogP contribution in [0.4, 0.5) is 4.79 Å². The highest BCUT2D eigenvalue weighted by molar-refractivity contribution is 5.94. The Morgan fingerprint density at radius 3 is 2.78 bits per heavy atom. The average molecular weight is 317 g/mol. The zero-order chi connectivity index (χ0) is 16.4. The lowest BCUT2D eigenvalue weighted by atomic mass is 10.0. The summed E-state index contributed by atoms with van der Waals surface area (Å²) in [5.74, 6) is -0.153. The molecule has 1 aromatic carbocycles. The number of carbonyl (C=O) groups is 3. The van der Waals surface area contributed by atoms with Gasteiger partial charge in [-0.3, -0.25) is 9.59 Å². The highest BCUT2D eigenvalue weighted by atomic mass is 16.6. The average Bonchev–Trinajstić information content (AvgIpc) is 2.93. The van der Waals surface area contributed by atoms with Crippen LogP contribution in [0.5, 0.6) is 0 Å². The van der Waals surface area contributed by atoms with Crippen molar-refractivity contribution in [2.75, 3.05) is 20.1 Å². The van der Waals surface area contributed by atoms with Crippen molar-refractivity contribution in [1.82, 2.24) is 15.5 Å². The van der Waals surface area contributed by atoms with Gasteiger partial charge in [-0.2, -0.15) is 0 Å². The van der Waals surface area contributed by atoms with Crippen LogP contribution in [0.15, 0.2) is 24.3 Å². The Balaban J connectivity index is 1.59. The molecule has 0 bridgehead atoms. The second kappa shape index (κ2) is 6.28. The molecule has 0 aromatic heterocycles. The molecule has 122 valence electrons. The third-order valence-electron chi connectivity index (χ3n) is 4.27. The normalized spacial score (nSPS) is 22.8. The predicted molar refractivity (Wildman–Crippen MR) is 81.9 cm³/mol. The summed E-state index contributed by atoms with van der Waals surface area (Å²) in [7, 11) is 1.58. The fraction of sp³-hybridized carbons (Fsp3) is 0.438. The standard InChI is InChI=1S/C16H19N3O4/c1-17-15(21)11-4-2-10(3-5-11)8-14(20)19-7-6-12-13(9-19)23-16(22)18-12/h2-5,12-13H,6-9H2,1H3,(H,17,21)(H,18,22)/t12-,13+/m0/s1. The molecular formula is C16H19N3O4. The van der Waals surface area contributed by atoms with Crippen LogP contribution in [0.1, 0.15) is 22.3 Å². The molecule has 0 aliphatic carbocycles. The van der Waals surface area contributed by atoms with Gasteiger partial charge in [0.1, 0.15) is 6.10 Å². The van der Waals surface area contributed by atoms with Crippen LogP contribution in [0.25, 0.3) is 0 Å². The van der Waals surface area contributed by atoms with E-state index in [4.69, 9.17) is 4.74 Å². The number of ether oxygens (including phenoxy) is 1. The van der Waals surface area contributed by atoms with Gasteiger partial charge in [-0.1, -0.05) is 12.1 Å². The summed E-state index contributed by atoms with van der Waals surface area (Å²) in [6.07, 6.45) is 0.319. The predicted octanol–water partition coefficient (Wildman–Crippen LogP) is 0.298. The Labute approximate surface area is 134 Å². The van der Waals surface area contributed by atoms with E-state index in [1.54, 1.807) is 36.2 Å². The van der Waals surface area contributed by atoms with Crippen molar-refractivity contribution in [1.29, 1.82) is 0 Å². The van der Waals surface area contributed by atoms with E-state index < -0.39 is 6.09 Å². The number of likely N-dealkylation sites (tertiary alicyclic amines) is 1. The number of hydrogen-bond donors (Lipinski definition) is 2. The van der Waals surface area contributed by atoms with Crippen molar-refractivity contribution in [3.8, 4) is 0 Å². The minimum atomic E-state index is -0.404. The molecule has 7 heteroatoms. The van der Waals surface area contributed by atoms with E-state index in [2.05, 4.69) is 10.6 Å². The first kappa shape index (κ1) is 15.3. The molecule has 7 nitrogen and oxygen atoms in total. The lowest BCUT2D eigenvalue weighted by Gasteiger charge is -2.32. The maximum atomic E-state index is 12.4. The maximum Gasteiger partial charge on any atom is 0.407 e. The van der Waals surface area contributed by atoms with Crippen molar-refractivity contribution < 1.29 is 19.1 Å². The van der Waals surface area contributed by atoms with Crippen molar-refractivity contribution in [3.05, 3.63) is 35.4 Å². The fourth-order valence-electron chi connectivity index (χ4n) is 2.96. The van der Waals surface area contributed by atoms with E-state index in [1.807, 2.05) is 0 Å². The summed E-state index contributed by atoms with van der Waals surface area (Å²) in [4.78, 5) is 36.8. The molecule has 3 rings (SSSR count). The number of benzene rings is 1. The van der Waals surface area contributed by atoms with Crippen LogP contribution in [0.3, 0.4) is 0 Å². The lowest BCUT2D eigenvalue weighted by Crippen LogP contribution is -2.50. The van der Waals surface area contributed by atoms with E-state index in [0.29, 0.717) is 25.1 Å². The molecule has 2 heterocycles. The molecule has 2 fully saturated rings. The minimum Gasteiger partial charge on any atom is -0.442 e. The first-order chi connectivity index (χ1) is 11.1. The largest absolute Gasteiger partial charge is 0.442 e. The summed E-state index contributed by atoms with van der Waals surface area (Å²) >= 11 is 0. The number of hydrogen-bond acceptors (Lipinski definition) is 4. The molecule has 0 spiro atoms. The molecule has 0 radical (unpaired) electrons. The summed E-state index contributed by atoms with van der Waals surface area (Å²) in [5, 5.41) is 5.31. The molecule has 2 aliphatic heterocycles. The molecule has 2 aliphatic rings. The Morgan fingerprint density at radius 2 is 2.09 bits per heavy atom. The van der Waals surface area contributed by atoms with Gasteiger partial charge in [-0.25, -0.2) is 4.79 Å². The van der Waals surface area contributed by atoms with E-state index in [1.165, 1.54) is 0 Å². The van der Waals surface area contributed by atoms with E-state index >= 15 is 0 Å². The Kier molecular flexibility index (Phi) is 4.18. The molecule has 1 aromatic rings. The molecule has 0 saturated carbocycles. The molecular weight excluding hydrogens is 298 g/mol. The molecule has 2 saturated heterocycles. The summed E-state index contributed by atoms with van der Waals surface area (Å²) in [6, 6.07) is 6.99. The van der Waals surface area contributed by atoms with Crippen molar-refractivity contribution in [2.45, 2.75) is 25.0 Å². The lowest BCUT2D eigenvalue weighted by molar-refractivity contribution is -0.133. The third kappa shape index (κ3) is 3.28. The Bertz CT molecular complexity index is 629. The van der Waals surface area contributed by atoms with E-state index in [0.717, 1.165) is 5.56 Å². The van der Waals surface area contributed by atoms with Gasteiger partial charge in [0, 0.05) is 19.2 Å². The second-order valence-corrected chi connectivity index (χ2v) is 5.78. The summed E-state index contributed by atoms with van der Waals surface area (Å²) in [5.41, 5.74) is 1.42. The van der Waals surface area contributed by atoms with Gasteiger partial charge in [-0.15, -0.1) is 0 Å². The first-order valence-corrected chi connectivity index (χ1v) is 7.63. The van der Waals surface area contributed by atoms with Gasteiger partial charge in [0.15, 0.2) is 0 Å². The van der Waals surface area contributed by atoms with Crippen LogP contribution in [-0.2, 0) is 16.0 Å². The number of piperidine rings is 1. The number of nitrogens with one attached hydrogen (secondary N) is 2. The van der Waals surface area contributed by atoms with Crippen LogP contribution >= 0.6 is 0 Å². The third-order valence-corrected chi connectivity index (χ3v) is 4.27. The Hall–Kier alpha value is -2.57. The van der Waals surface area contributed by atoms with E-state index in [-0.39, 0.29) is 30.4 Å². The molecule has 0 unspecified atom stereocenters. The van der Waals surface area contributed by atoms with Crippen LogP contribution < -0.4 is 10.6 Å². The number of rotatable bonds is 3. The number of amides is 3. The van der Waals surface area contributed by atoms with Gasteiger partial charge in [0.25, 0.3) is 5.91 Å². The topological polar surface area (TPSA) is 87.7 Å². The summed E-state index contributed by atoms with van der Waals surface area (Å²) in [6.45, 7) is 1.04. The van der Waals surface area contributed by atoms with Crippen LogP contribution in [0, 0.1) is 0 Å². The quantitative estimate of drug-likeness (QED) is 0.839. The van der Waals surface area contributed by atoms with Crippen molar-refractivity contribution in [2.24, 2.45) is 0 Å². The summed E-state index contributed by atoms with van der Waals surface area (Å²) < 4.78 is 5.16. The van der Waals surface area contributed by atoms with Gasteiger partial charge in [0.05, 0.1) is 19.0 Å². The molecule has 3 amide bonds. The first-order valence-electron chi connectivity index (χ1n) is 7.63. The fourth-order valence-corrected chi connectivity index (χ4v) is 2.96. The smallest absolute Gasteiger partial charge is 0.407 e. The zero-order valence-corrected chi connectivity index (χ0v) is 12.9. The van der Waals surface area contributed by atoms with Crippen LogP contribution in [0.2, 0.25) is 0 Å². The number of nitrogens with zero attached hydrogens (tertiary/aromatic N) is 1. The maximum absolute atomic E-state index is 12.4. The SMILES string of the molecule is CNC(=O)c1ccc(CC(=O)N2CC[C@@H]3NC(=O)O[C@@H]3C2)cc1.